The molecular formula is C11H7N3O. The lowest BCUT2D eigenvalue weighted by atomic mass is 10.2. The first-order valence-corrected chi connectivity index (χ1v) is 4.54. The van der Waals surface area contributed by atoms with E-state index in [1.165, 1.54) is 6.39 Å². The highest BCUT2D eigenvalue weighted by Gasteiger charge is 2.03. The summed E-state index contributed by atoms with van der Waals surface area (Å²) in [5.41, 5.74) is 2.50. The fraction of sp³-hybridized carbons (Fsp3) is 0. The average Bonchev–Trinajstić information content (AvgIpc) is 2.82. The largest absolute Gasteiger partial charge is 0.442 e. The van der Waals surface area contributed by atoms with Crippen molar-refractivity contribution in [1.82, 2.24) is 15.0 Å². The maximum Gasteiger partial charge on any atom is 0.181 e. The molecule has 0 spiro atoms. The maximum absolute atomic E-state index is 5.17. The fourth-order valence-electron chi connectivity index (χ4n) is 1.44. The van der Waals surface area contributed by atoms with Gasteiger partial charge in [0.05, 0.1) is 17.2 Å². The highest BCUT2D eigenvalue weighted by molar-refractivity contribution is 5.76. The van der Waals surface area contributed by atoms with Gasteiger partial charge in [-0.25, -0.2) is 9.97 Å². The summed E-state index contributed by atoms with van der Waals surface area (Å²) in [6.07, 6.45) is 4.78. The topological polar surface area (TPSA) is 51.8 Å². The zero-order valence-electron chi connectivity index (χ0n) is 7.79. The van der Waals surface area contributed by atoms with E-state index in [-0.39, 0.29) is 0 Å². The molecule has 0 bridgehead atoms. The number of hydrogen-bond acceptors (Lipinski definition) is 4. The number of rotatable bonds is 1. The van der Waals surface area contributed by atoms with Crippen molar-refractivity contribution in [2.75, 3.05) is 0 Å². The third-order valence-electron chi connectivity index (χ3n) is 2.14. The molecule has 0 atom stereocenters. The van der Waals surface area contributed by atoms with E-state index in [9.17, 15) is 0 Å². The molecule has 4 heteroatoms. The Kier molecular flexibility index (Phi) is 1.71. The molecule has 0 unspecified atom stereocenters. The van der Waals surface area contributed by atoms with Crippen LogP contribution in [0.4, 0.5) is 0 Å². The van der Waals surface area contributed by atoms with Crippen LogP contribution >= 0.6 is 0 Å². The van der Waals surface area contributed by atoms with Gasteiger partial charge in [-0.05, 0) is 24.3 Å². The molecule has 3 rings (SSSR count). The zero-order chi connectivity index (χ0) is 10.1. The number of fused-ring (bicyclic) bond motifs is 1. The summed E-state index contributed by atoms with van der Waals surface area (Å²) in [4.78, 5) is 12.5. The molecule has 0 aliphatic carbocycles. The minimum absolute atomic E-state index is 0.667. The molecule has 0 aliphatic rings. The summed E-state index contributed by atoms with van der Waals surface area (Å²) in [5.74, 6) is 0.667. The van der Waals surface area contributed by atoms with Crippen LogP contribution in [0.5, 0.6) is 0 Å². The lowest BCUT2D eigenvalue weighted by Gasteiger charge is -1.98. The monoisotopic (exact) mass is 197 g/mol. The molecule has 3 heterocycles. The van der Waals surface area contributed by atoms with E-state index in [0.717, 1.165) is 16.7 Å². The highest BCUT2D eigenvalue weighted by atomic mass is 16.3. The van der Waals surface area contributed by atoms with Crippen molar-refractivity contribution in [2.24, 2.45) is 0 Å². The van der Waals surface area contributed by atoms with Gasteiger partial charge in [0.1, 0.15) is 5.69 Å². The SMILES string of the molecule is c1cnc2ccc(-c3cnco3)nc2c1. The van der Waals surface area contributed by atoms with E-state index in [2.05, 4.69) is 15.0 Å². The fourth-order valence-corrected chi connectivity index (χ4v) is 1.44. The Labute approximate surface area is 85.6 Å². The summed E-state index contributed by atoms with van der Waals surface area (Å²) in [6, 6.07) is 7.57. The van der Waals surface area contributed by atoms with Gasteiger partial charge in [-0.1, -0.05) is 0 Å². The molecule has 72 valence electrons. The van der Waals surface area contributed by atoms with Gasteiger partial charge >= 0.3 is 0 Å². The van der Waals surface area contributed by atoms with Crippen molar-refractivity contribution in [3.63, 3.8) is 0 Å². The molecule has 0 fully saturated rings. The van der Waals surface area contributed by atoms with Crippen molar-refractivity contribution >= 4 is 11.0 Å². The van der Waals surface area contributed by atoms with Gasteiger partial charge in [-0.3, -0.25) is 4.98 Å². The van der Waals surface area contributed by atoms with Gasteiger partial charge in [-0.2, -0.15) is 0 Å². The van der Waals surface area contributed by atoms with Gasteiger partial charge in [0, 0.05) is 6.20 Å². The molecule has 0 saturated carbocycles. The molecule has 0 saturated heterocycles. The number of nitrogens with zero attached hydrogens (tertiary/aromatic N) is 3. The van der Waals surface area contributed by atoms with Gasteiger partial charge < -0.3 is 4.42 Å². The molecule has 4 nitrogen and oxygen atoms in total. The van der Waals surface area contributed by atoms with Crippen LogP contribution in [0.2, 0.25) is 0 Å². The smallest absolute Gasteiger partial charge is 0.181 e. The first kappa shape index (κ1) is 8.11. The van der Waals surface area contributed by atoms with Gasteiger partial charge in [0.25, 0.3) is 0 Å². The maximum atomic E-state index is 5.17. The van der Waals surface area contributed by atoms with Gasteiger partial charge in [-0.15, -0.1) is 0 Å². The van der Waals surface area contributed by atoms with Crippen molar-refractivity contribution < 1.29 is 4.42 Å². The predicted octanol–water partition coefficient (Wildman–Crippen LogP) is 2.28. The van der Waals surface area contributed by atoms with E-state index in [4.69, 9.17) is 4.42 Å². The lowest BCUT2D eigenvalue weighted by Crippen LogP contribution is -1.85. The molecule has 0 amide bonds. The summed E-state index contributed by atoms with van der Waals surface area (Å²) >= 11 is 0. The average molecular weight is 197 g/mol. The van der Waals surface area contributed by atoms with E-state index in [0.29, 0.717) is 5.76 Å². The number of oxazole rings is 1. The quantitative estimate of drug-likeness (QED) is 0.600. The summed E-state index contributed by atoms with van der Waals surface area (Å²) < 4.78 is 5.17. The van der Waals surface area contributed by atoms with E-state index in [1.54, 1.807) is 12.4 Å². The Bertz CT molecular complexity index is 590. The molecule has 15 heavy (non-hydrogen) atoms. The van der Waals surface area contributed by atoms with Crippen molar-refractivity contribution in [2.45, 2.75) is 0 Å². The Morgan fingerprint density at radius 3 is 2.93 bits per heavy atom. The third-order valence-corrected chi connectivity index (χ3v) is 2.14. The lowest BCUT2D eigenvalue weighted by molar-refractivity contribution is 0.570. The Morgan fingerprint density at radius 1 is 1.07 bits per heavy atom. The number of hydrogen-bond donors (Lipinski definition) is 0. The van der Waals surface area contributed by atoms with Gasteiger partial charge in [0.15, 0.2) is 12.2 Å². The first-order chi connectivity index (χ1) is 7.43. The molecular weight excluding hydrogens is 190 g/mol. The third kappa shape index (κ3) is 1.36. The summed E-state index contributed by atoms with van der Waals surface area (Å²) in [5, 5.41) is 0. The van der Waals surface area contributed by atoms with E-state index < -0.39 is 0 Å². The second-order valence-electron chi connectivity index (χ2n) is 3.10. The number of pyridine rings is 2. The van der Waals surface area contributed by atoms with Gasteiger partial charge in [0.2, 0.25) is 0 Å². The van der Waals surface area contributed by atoms with Crippen LogP contribution < -0.4 is 0 Å². The van der Waals surface area contributed by atoms with Crippen LogP contribution in [-0.4, -0.2) is 15.0 Å². The molecule has 3 aromatic heterocycles. The van der Waals surface area contributed by atoms with Crippen LogP contribution in [0.3, 0.4) is 0 Å². The van der Waals surface area contributed by atoms with Crippen LogP contribution in [0, 0.1) is 0 Å². The Balaban J connectivity index is 2.22. The van der Waals surface area contributed by atoms with Crippen LogP contribution in [-0.2, 0) is 0 Å². The Morgan fingerprint density at radius 2 is 2.07 bits per heavy atom. The second-order valence-corrected chi connectivity index (χ2v) is 3.10. The summed E-state index contributed by atoms with van der Waals surface area (Å²) in [7, 11) is 0. The number of aromatic nitrogens is 3. The molecule has 0 aromatic carbocycles. The van der Waals surface area contributed by atoms with Crippen molar-refractivity contribution in [3.8, 4) is 11.5 Å². The molecule has 0 aliphatic heterocycles. The minimum atomic E-state index is 0.667. The minimum Gasteiger partial charge on any atom is -0.442 e. The van der Waals surface area contributed by atoms with Crippen LogP contribution in [0.1, 0.15) is 0 Å². The standard InChI is InChI=1S/C11H7N3O/c1-2-9-8(13-5-1)3-4-10(14-9)11-6-12-7-15-11/h1-7H. The first-order valence-electron chi connectivity index (χ1n) is 4.54. The van der Waals surface area contributed by atoms with Crippen LogP contribution in [0.25, 0.3) is 22.5 Å². The van der Waals surface area contributed by atoms with Crippen molar-refractivity contribution in [1.29, 1.82) is 0 Å². The van der Waals surface area contributed by atoms with E-state index in [1.807, 2.05) is 24.3 Å². The molecule has 3 aromatic rings. The van der Waals surface area contributed by atoms with E-state index >= 15 is 0 Å². The normalized spacial score (nSPS) is 10.7. The highest BCUT2D eigenvalue weighted by Crippen LogP contribution is 2.18. The molecule has 0 radical (unpaired) electrons. The molecule has 0 N–H and O–H groups in total. The predicted molar refractivity (Wildman–Crippen MR) is 55.0 cm³/mol. The Hall–Kier alpha value is -2.23. The zero-order valence-corrected chi connectivity index (χ0v) is 7.79. The van der Waals surface area contributed by atoms with Crippen LogP contribution in [0.15, 0.2) is 47.5 Å². The van der Waals surface area contributed by atoms with Crippen molar-refractivity contribution in [3.05, 3.63) is 43.1 Å². The second kappa shape index (κ2) is 3.16. The summed E-state index contributed by atoms with van der Waals surface area (Å²) in [6.45, 7) is 0.